The Morgan fingerprint density at radius 2 is 1.58 bits per heavy atom. The van der Waals surface area contributed by atoms with E-state index < -0.39 is 11.1 Å². The van der Waals surface area contributed by atoms with Crippen LogP contribution in [0.5, 0.6) is 5.75 Å². The van der Waals surface area contributed by atoms with Crippen molar-refractivity contribution in [3.8, 4) is 39.3 Å². The van der Waals surface area contributed by atoms with Crippen molar-refractivity contribution >= 4 is 16.7 Å². The third-order valence-corrected chi connectivity index (χ3v) is 9.37. The molecule has 2 fully saturated rings. The van der Waals surface area contributed by atoms with E-state index in [-0.39, 0.29) is 0 Å². The lowest BCUT2D eigenvalue weighted by Crippen LogP contribution is -2.60. The lowest BCUT2D eigenvalue weighted by Gasteiger charge is -2.52. The highest BCUT2D eigenvalue weighted by Crippen LogP contribution is 2.57. The summed E-state index contributed by atoms with van der Waals surface area (Å²) in [5.41, 5.74) is 15.1. The predicted molar refractivity (Wildman–Crippen MR) is 169 cm³/mol. The number of pyridine rings is 1. The third kappa shape index (κ3) is 4.22. The Balaban J connectivity index is 1.25. The van der Waals surface area contributed by atoms with Crippen LogP contribution in [-0.2, 0) is 5.54 Å². The summed E-state index contributed by atoms with van der Waals surface area (Å²) in [6.07, 6.45) is 5.35. The zero-order chi connectivity index (χ0) is 29.3. The Morgan fingerprint density at radius 3 is 2.26 bits per heavy atom. The van der Waals surface area contributed by atoms with E-state index in [1.807, 2.05) is 60.1 Å². The zero-order valence-electron chi connectivity index (χ0n) is 24.3. The van der Waals surface area contributed by atoms with Crippen LogP contribution >= 0.6 is 0 Å². The van der Waals surface area contributed by atoms with Crippen LogP contribution in [-0.4, -0.2) is 37.4 Å². The molecule has 0 saturated heterocycles. The van der Waals surface area contributed by atoms with Crippen molar-refractivity contribution in [2.45, 2.75) is 43.7 Å². The molecule has 7 nitrogen and oxygen atoms in total. The quantitative estimate of drug-likeness (QED) is 0.233. The molecule has 0 radical (unpaired) electrons. The van der Waals surface area contributed by atoms with E-state index in [2.05, 4.69) is 42.5 Å². The molecule has 0 spiro atoms. The first-order valence-corrected chi connectivity index (χ1v) is 14.9. The fourth-order valence-corrected chi connectivity index (χ4v) is 6.96. The summed E-state index contributed by atoms with van der Waals surface area (Å²) in [6, 6.07) is 28.9. The molecule has 8 rings (SSSR count). The average Bonchev–Trinajstić information content (AvgIpc) is 3.83. The monoisotopic (exact) mass is 567 g/mol. The van der Waals surface area contributed by atoms with Gasteiger partial charge in [0.05, 0.1) is 24.1 Å². The normalized spacial score (nSPS) is 21.7. The molecule has 0 amide bonds. The van der Waals surface area contributed by atoms with Gasteiger partial charge in [-0.2, -0.15) is 9.61 Å². The van der Waals surface area contributed by atoms with Crippen LogP contribution in [0.3, 0.4) is 0 Å². The Hall–Kier alpha value is -4.59. The molecular formula is C36H33N5O2. The fourth-order valence-electron chi connectivity index (χ4n) is 6.96. The van der Waals surface area contributed by atoms with Gasteiger partial charge < -0.3 is 15.6 Å². The van der Waals surface area contributed by atoms with E-state index in [9.17, 15) is 5.11 Å². The predicted octanol–water partition coefficient (Wildman–Crippen LogP) is 6.68. The standard InChI is InChI=1S/C36H33N5O2/c1-22-31(24-10-16-29(43-2)17-11-24)34-38-19-26-18-30(23-6-4-3-5-7-23)32(39-33(26)41(34)40-22)25-8-12-27(13-9-25)35(37)20-36(42,21-35)28-14-15-28/h3-13,16-19,28,42H,14-15,20-21,37H2,1-2H3. The molecule has 3 aromatic carbocycles. The van der Waals surface area contributed by atoms with Crippen molar-refractivity contribution in [1.29, 1.82) is 0 Å². The number of hydrogen-bond acceptors (Lipinski definition) is 6. The first kappa shape index (κ1) is 26.1. The first-order chi connectivity index (χ1) is 20.8. The Morgan fingerprint density at radius 1 is 0.884 bits per heavy atom. The molecule has 214 valence electrons. The van der Waals surface area contributed by atoms with Crippen LogP contribution in [0.15, 0.2) is 91.1 Å². The van der Waals surface area contributed by atoms with Crippen molar-refractivity contribution in [3.05, 3.63) is 102 Å². The molecule has 3 N–H and O–H groups in total. The van der Waals surface area contributed by atoms with Crippen LogP contribution in [0, 0.1) is 12.8 Å². The minimum Gasteiger partial charge on any atom is -0.497 e. The lowest BCUT2D eigenvalue weighted by atomic mass is 9.60. The summed E-state index contributed by atoms with van der Waals surface area (Å²) in [5, 5.41) is 16.8. The molecule has 0 unspecified atom stereocenters. The SMILES string of the molecule is COc1ccc(-c2c(C)nn3c2ncc2cc(-c4ccccc4)c(-c4ccc(C5(N)CC(O)(C6CC6)C5)cc4)nc23)cc1. The second-order valence-electron chi connectivity index (χ2n) is 12.3. The number of nitrogens with two attached hydrogens (primary N) is 1. The number of ether oxygens (including phenoxy) is 1. The number of fused-ring (bicyclic) bond motifs is 3. The molecule has 7 heteroatoms. The van der Waals surface area contributed by atoms with Gasteiger partial charge in [-0.3, -0.25) is 0 Å². The molecule has 2 aliphatic carbocycles. The number of benzene rings is 3. The van der Waals surface area contributed by atoms with Gasteiger partial charge in [0.25, 0.3) is 0 Å². The maximum atomic E-state index is 10.9. The molecule has 3 aromatic heterocycles. The number of aliphatic hydroxyl groups is 1. The average molecular weight is 568 g/mol. The fraction of sp³-hybridized carbons (Fsp3) is 0.250. The third-order valence-electron chi connectivity index (χ3n) is 9.37. The second-order valence-corrected chi connectivity index (χ2v) is 12.3. The Labute approximate surface area is 250 Å². The van der Waals surface area contributed by atoms with E-state index in [1.165, 1.54) is 0 Å². The van der Waals surface area contributed by atoms with Crippen molar-refractivity contribution in [2.24, 2.45) is 11.7 Å². The number of aromatic nitrogens is 4. The Kier molecular flexibility index (Phi) is 5.73. The molecule has 43 heavy (non-hydrogen) atoms. The van der Waals surface area contributed by atoms with Gasteiger partial charge in [0.2, 0.25) is 0 Å². The van der Waals surface area contributed by atoms with Crippen molar-refractivity contribution in [2.75, 3.05) is 7.11 Å². The van der Waals surface area contributed by atoms with Gasteiger partial charge in [-0.15, -0.1) is 0 Å². The molecule has 0 atom stereocenters. The minimum absolute atomic E-state index is 0.418. The summed E-state index contributed by atoms with van der Waals surface area (Å²) in [5.74, 6) is 1.22. The van der Waals surface area contributed by atoms with Crippen LogP contribution in [0.25, 0.3) is 50.2 Å². The molecule has 6 aromatic rings. The number of nitrogens with zero attached hydrogens (tertiary/aromatic N) is 4. The van der Waals surface area contributed by atoms with Crippen molar-refractivity contribution < 1.29 is 9.84 Å². The molecule has 2 aliphatic rings. The molecule has 3 heterocycles. The van der Waals surface area contributed by atoms with Gasteiger partial charge in [-0.05, 0) is 73.4 Å². The minimum atomic E-state index is -0.597. The lowest BCUT2D eigenvalue weighted by molar-refractivity contribution is -0.106. The van der Waals surface area contributed by atoms with Gasteiger partial charge in [0, 0.05) is 33.8 Å². The van der Waals surface area contributed by atoms with Crippen molar-refractivity contribution in [3.63, 3.8) is 0 Å². The van der Waals surface area contributed by atoms with Gasteiger partial charge >= 0.3 is 0 Å². The molecule has 0 aliphatic heterocycles. The summed E-state index contributed by atoms with van der Waals surface area (Å²) in [4.78, 5) is 10.1. The van der Waals surface area contributed by atoms with Gasteiger partial charge in [0.15, 0.2) is 11.3 Å². The summed E-state index contributed by atoms with van der Waals surface area (Å²) in [7, 11) is 1.67. The zero-order valence-corrected chi connectivity index (χ0v) is 24.3. The second kappa shape index (κ2) is 9.46. The first-order valence-electron chi connectivity index (χ1n) is 14.9. The van der Waals surface area contributed by atoms with Crippen LogP contribution in [0.4, 0.5) is 0 Å². The van der Waals surface area contributed by atoms with Gasteiger partial charge in [0.1, 0.15) is 5.75 Å². The largest absolute Gasteiger partial charge is 0.497 e. The maximum Gasteiger partial charge on any atom is 0.165 e. The van der Waals surface area contributed by atoms with Crippen LogP contribution in [0.1, 0.15) is 36.9 Å². The number of rotatable bonds is 6. The van der Waals surface area contributed by atoms with E-state index in [1.54, 1.807) is 7.11 Å². The van der Waals surface area contributed by atoms with E-state index in [4.69, 9.17) is 25.5 Å². The highest BCUT2D eigenvalue weighted by atomic mass is 16.5. The summed E-state index contributed by atoms with van der Waals surface area (Å²) < 4.78 is 7.22. The number of hydrogen-bond donors (Lipinski definition) is 2. The van der Waals surface area contributed by atoms with Crippen molar-refractivity contribution in [1.82, 2.24) is 19.6 Å². The highest BCUT2D eigenvalue weighted by molar-refractivity contribution is 5.92. The van der Waals surface area contributed by atoms with Gasteiger partial charge in [-0.1, -0.05) is 66.7 Å². The topological polar surface area (TPSA) is 98.6 Å². The molecule has 2 saturated carbocycles. The number of aryl methyl sites for hydroxylation is 1. The van der Waals surface area contributed by atoms with Gasteiger partial charge in [-0.25, -0.2) is 9.97 Å². The smallest absolute Gasteiger partial charge is 0.165 e. The van der Waals surface area contributed by atoms with Crippen LogP contribution in [0.2, 0.25) is 0 Å². The molecule has 0 bridgehead atoms. The number of methoxy groups -OCH3 is 1. The molecular weight excluding hydrogens is 534 g/mol. The van der Waals surface area contributed by atoms with Crippen LogP contribution < -0.4 is 10.5 Å². The summed E-state index contributed by atoms with van der Waals surface area (Å²) in [6.45, 7) is 2.01. The summed E-state index contributed by atoms with van der Waals surface area (Å²) >= 11 is 0. The maximum absolute atomic E-state index is 10.9. The van der Waals surface area contributed by atoms with E-state index in [0.717, 1.165) is 80.0 Å². The van der Waals surface area contributed by atoms with E-state index >= 15 is 0 Å². The Bertz CT molecular complexity index is 1990. The highest BCUT2D eigenvalue weighted by Gasteiger charge is 2.58. The van der Waals surface area contributed by atoms with E-state index in [0.29, 0.717) is 18.8 Å².